The van der Waals surface area contributed by atoms with Crippen LogP contribution in [-0.2, 0) is 4.74 Å². The normalized spacial score (nSPS) is 32.6. The minimum atomic E-state index is -0.297. The van der Waals surface area contributed by atoms with E-state index in [1.807, 2.05) is 6.92 Å². The molecule has 5 atom stereocenters. The Morgan fingerprint density at radius 1 is 1.21 bits per heavy atom. The van der Waals surface area contributed by atoms with Gasteiger partial charge in [0.2, 0.25) is 0 Å². The Hall–Kier alpha value is -0.310. The molecule has 2 rings (SSSR count). The standard InChI is InChI=1S/C15H19Cl2FO/c1-7-5-11(12(16)6-13(7)18)15(17)14-8(2)9(3)19-10(14)4/h5-6,8-10,14-15H,1-4H3. The van der Waals surface area contributed by atoms with Crippen molar-refractivity contribution in [2.24, 2.45) is 11.8 Å². The van der Waals surface area contributed by atoms with Crippen molar-refractivity contribution in [1.29, 1.82) is 0 Å². The van der Waals surface area contributed by atoms with Gasteiger partial charge in [0.05, 0.1) is 17.6 Å². The Bertz CT molecular complexity index is 477. The van der Waals surface area contributed by atoms with Crippen molar-refractivity contribution in [3.05, 3.63) is 34.1 Å². The first-order chi connectivity index (χ1) is 8.82. The molecular formula is C15H19Cl2FO. The van der Waals surface area contributed by atoms with Crippen molar-refractivity contribution < 1.29 is 9.13 Å². The van der Waals surface area contributed by atoms with E-state index in [4.69, 9.17) is 27.9 Å². The number of hydrogen-bond donors (Lipinski definition) is 0. The van der Waals surface area contributed by atoms with Crippen LogP contribution in [0, 0.1) is 24.6 Å². The summed E-state index contributed by atoms with van der Waals surface area (Å²) in [6.45, 7) is 7.95. The van der Waals surface area contributed by atoms with Gasteiger partial charge in [-0.05, 0) is 43.9 Å². The lowest BCUT2D eigenvalue weighted by Crippen LogP contribution is -2.22. The van der Waals surface area contributed by atoms with Crippen LogP contribution in [0.4, 0.5) is 4.39 Å². The molecule has 1 nitrogen and oxygen atoms in total. The van der Waals surface area contributed by atoms with Gasteiger partial charge in [0.15, 0.2) is 0 Å². The highest BCUT2D eigenvalue weighted by Gasteiger charge is 2.42. The van der Waals surface area contributed by atoms with Crippen LogP contribution in [0.1, 0.15) is 37.3 Å². The van der Waals surface area contributed by atoms with Gasteiger partial charge in [-0.1, -0.05) is 24.6 Å². The van der Waals surface area contributed by atoms with E-state index < -0.39 is 0 Å². The fraction of sp³-hybridized carbons (Fsp3) is 0.600. The van der Waals surface area contributed by atoms with Gasteiger partial charge in [0.1, 0.15) is 5.82 Å². The molecule has 0 saturated carbocycles. The topological polar surface area (TPSA) is 9.23 Å². The number of halogens is 3. The van der Waals surface area contributed by atoms with E-state index in [9.17, 15) is 4.39 Å². The molecule has 0 amide bonds. The van der Waals surface area contributed by atoms with E-state index in [2.05, 4.69) is 13.8 Å². The van der Waals surface area contributed by atoms with Crippen LogP contribution in [0.2, 0.25) is 5.02 Å². The first-order valence-corrected chi connectivity index (χ1v) is 7.39. The lowest BCUT2D eigenvalue weighted by Gasteiger charge is -2.25. The monoisotopic (exact) mass is 304 g/mol. The van der Waals surface area contributed by atoms with Crippen LogP contribution >= 0.6 is 23.2 Å². The zero-order valence-corrected chi connectivity index (χ0v) is 13.1. The van der Waals surface area contributed by atoms with E-state index in [0.717, 1.165) is 5.56 Å². The minimum Gasteiger partial charge on any atom is -0.375 e. The third-order valence-corrected chi connectivity index (χ3v) is 5.09. The molecule has 4 heteroatoms. The molecule has 1 fully saturated rings. The highest BCUT2D eigenvalue weighted by Crippen LogP contribution is 2.45. The fourth-order valence-electron chi connectivity index (χ4n) is 2.90. The summed E-state index contributed by atoms with van der Waals surface area (Å²) in [7, 11) is 0. The van der Waals surface area contributed by atoms with Gasteiger partial charge >= 0.3 is 0 Å². The number of ether oxygens (including phenoxy) is 1. The third kappa shape index (κ3) is 2.76. The molecule has 106 valence electrons. The lowest BCUT2D eigenvalue weighted by atomic mass is 9.84. The molecule has 1 saturated heterocycles. The summed E-state index contributed by atoms with van der Waals surface area (Å²) < 4.78 is 19.3. The van der Waals surface area contributed by atoms with Crippen LogP contribution < -0.4 is 0 Å². The van der Waals surface area contributed by atoms with Crippen LogP contribution in [0.5, 0.6) is 0 Å². The van der Waals surface area contributed by atoms with Gasteiger partial charge in [-0.3, -0.25) is 0 Å². The first-order valence-electron chi connectivity index (χ1n) is 6.58. The van der Waals surface area contributed by atoms with E-state index in [0.29, 0.717) is 16.5 Å². The maximum Gasteiger partial charge on any atom is 0.127 e. The van der Waals surface area contributed by atoms with Gasteiger partial charge in [-0.25, -0.2) is 4.39 Å². The van der Waals surface area contributed by atoms with E-state index in [1.54, 1.807) is 13.0 Å². The maximum atomic E-state index is 13.5. The van der Waals surface area contributed by atoms with Crippen molar-refractivity contribution in [3.63, 3.8) is 0 Å². The van der Waals surface area contributed by atoms with Crippen LogP contribution in [0.25, 0.3) is 0 Å². The summed E-state index contributed by atoms with van der Waals surface area (Å²) in [4.78, 5) is 0. The van der Waals surface area contributed by atoms with Gasteiger partial charge in [-0.2, -0.15) is 0 Å². The van der Waals surface area contributed by atoms with Crippen molar-refractivity contribution in [1.82, 2.24) is 0 Å². The van der Waals surface area contributed by atoms with Crippen molar-refractivity contribution >= 4 is 23.2 Å². The molecule has 5 unspecified atom stereocenters. The zero-order valence-electron chi connectivity index (χ0n) is 11.6. The second-order valence-electron chi connectivity index (χ2n) is 5.51. The second-order valence-corrected chi connectivity index (χ2v) is 6.38. The van der Waals surface area contributed by atoms with Gasteiger partial charge < -0.3 is 4.74 Å². The molecule has 0 N–H and O–H groups in total. The van der Waals surface area contributed by atoms with E-state index in [-0.39, 0.29) is 29.3 Å². The van der Waals surface area contributed by atoms with Crippen LogP contribution in [0.3, 0.4) is 0 Å². The smallest absolute Gasteiger partial charge is 0.127 e. The van der Waals surface area contributed by atoms with Crippen LogP contribution in [-0.4, -0.2) is 12.2 Å². The van der Waals surface area contributed by atoms with E-state index in [1.165, 1.54) is 6.07 Å². The second kappa shape index (κ2) is 5.59. The number of alkyl halides is 1. The van der Waals surface area contributed by atoms with Gasteiger partial charge in [0.25, 0.3) is 0 Å². The Morgan fingerprint density at radius 2 is 1.84 bits per heavy atom. The molecule has 1 aliphatic rings. The average molecular weight is 305 g/mol. The molecule has 0 bridgehead atoms. The third-order valence-electron chi connectivity index (χ3n) is 4.23. The molecule has 0 aromatic heterocycles. The largest absolute Gasteiger partial charge is 0.375 e. The predicted octanol–water partition coefficient (Wildman–Crippen LogP) is 5.13. The fourth-order valence-corrected chi connectivity index (χ4v) is 3.83. The molecule has 0 radical (unpaired) electrons. The molecule has 1 aromatic carbocycles. The quantitative estimate of drug-likeness (QED) is 0.688. The number of aryl methyl sites for hydroxylation is 1. The molecule has 0 aliphatic carbocycles. The maximum absolute atomic E-state index is 13.5. The number of hydrogen-bond acceptors (Lipinski definition) is 1. The molecule has 0 spiro atoms. The molecule has 19 heavy (non-hydrogen) atoms. The summed E-state index contributed by atoms with van der Waals surface area (Å²) in [6.07, 6.45) is 0.260. The average Bonchev–Trinajstić information content (AvgIpc) is 2.57. The highest BCUT2D eigenvalue weighted by molar-refractivity contribution is 6.32. The van der Waals surface area contributed by atoms with Crippen molar-refractivity contribution in [2.45, 2.75) is 45.3 Å². The summed E-state index contributed by atoms with van der Waals surface area (Å²) in [6, 6.07) is 3.09. The van der Waals surface area contributed by atoms with Crippen molar-refractivity contribution in [3.8, 4) is 0 Å². The zero-order chi connectivity index (χ0) is 14.3. The van der Waals surface area contributed by atoms with Gasteiger partial charge in [-0.15, -0.1) is 11.6 Å². The van der Waals surface area contributed by atoms with Crippen molar-refractivity contribution in [2.75, 3.05) is 0 Å². The van der Waals surface area contributed by atoms with Gasteiger partial charge in [0, 0.05) is 10.9 Å². The molecule has 1 aromatic rings. The lowest BCUT2D eigenvalue weighted by molar-refractivity contribution is 0.0508. The SMILES string of the molecule is Cc1cc(C(Cl)C2C(C)OC(C)C2C)c(Cl)cc1F. The summed E-state index contributed by atoms with van der Waals surface area (Å²) >= 11 is 12.8. The van der Waals surface area contributed by atoms with Crippen LogP contribution in [0.15, 0.2) is 12.1 Å². The Labute approximate surface area is 124 Å². The summed E-state index contributed by atoms with van der Waals surface area (Å²) in [5.74, 6) is 0.229. The summed E-state index contributed by atoms with van der Waals surface area (Å²) in [5.41, 5.74) is 1.36. The Balaban J connectivity index is 2.34. The molecular weight excluding hydrogens is 286 g/mol. The summed E-state index contributed by atoms with van der Waals surface area (Å²) in [5, 5.41) is 0.129. The Morgan fingerprint density at radius 3 is 2.37 bits per heavy atom. The minimum absolute atomic E-state index is 0.0777. The number of benzene rings is 1. The predicted molar refractivity (Wildman–Crippen MR) is 77.4 cm³/mol. The number of rotatable bonds is 2. The van der Waals surface area contributed by atoms with E-state index >= 15 is 0 Å². The molecule has 1 aliphatic heterocycles. The Kier molecular flexibility index (Phi) is 4.44. The molecule has 1 heterocycles. The first kappa shape index (κ1) is 15.1. The highest BCUT2D eigenvalue weighted by atomic mass is 35.5.